The van der Waals surface area contributed by atoms with Gasteiger partial charge in [0.1, 0.15) is 12.6 Å². The summed E-state index contributed by atoms with van der Waals surface area (Å²) < 4.78 is 20.6. The van der Waals surface area contributed by atoms with E-state index in [1.807, 2.05) is 0 Å². The molecule has 0 fully saturated rings. The Balaban J connectivity index is 1.85. The van der Waals surface area contributed by atoms with Gasteiger partial charge in [-0.05, 0) is 42.8 Å². The summed E-state index contributed by atoms with van der Waals surface area (Å²) in [5.41, 5.74) is 0.780. The minimum atomic E-state index is -0.553. The third-order valence-corrected chi connectivity index (χ3v) is 3.86. The van der Waals surface area contributed by atoms with Crippen molar-refractivity contribution in [1.29, 1.82) is 0 Å². The van der Waals surface area contributed by atoms with Gasteiger partial charge in [-0.2, -0.15) is 0 Å². The summed E-state index contributed by atoms with van der Waals surface area (Å²) in [5, 5.41) is 0. The van der Waals surface area contributed by atoms with Crippen LogP contribution in [0.4, 0.5) is 0 Å². The van der Waals surface area contributed by atoms with E-state index in [9.17, 15) is 19.2 Å². The molecule has 0 heterocycles. The molecule has 0 N–H and O–H groups in total. The fourth-order valence-corrected chi connectivity index (χ4v) is 2.41. The first-order chi connectivity index (χ1) is 14.0. The Hall–Kier alpha value is -3.68. The number of hydrogen-bond acceptors (Lipinski definition) is 8. The molecule has 0 amide bonds. The van der Waals surface area contributed by atoms with Crippen LogP contribution in [-0.4, -0.2) is 38.7 Å². The summed E-state index contributed by atoms with van der Waals surface area (Å²) in [6.07, 6.45) is 1.48. The van der Waals surface area contributed by atoms with Crippen LogP contribution in [0.1, 0.15) is 40.0 Å². The molecular formula is C21H20O8. The number of benzene rings is 2. The zero-order valence-electron chi connectivity index (χ0n) is 16.0. The quantitative estimate of drug-likeness (QED) is 0.340. The van der Waals surface area contributed by atoms with Gasteiger partial charge in [0.15, 0.2) is 23.0 Å². The molecule has 8 heteroatoms. The lowest BCUT2D eigenvalue weighted by Crippen LogP contribution is -2.12. The predicted molar refractivity (Wildman–Crippen MR) is 102 cm³/mol. The van der Waals surface area contributed by atoms with Crippen LogP contribution in [0.25, 0.3) is 0 Å². The summed E-state index contributed by atoms with van der Waals surface area (Å²) in [7, 11) is 2.79. The summed E-state index contributed by atoms with van der Waals surface area (Å²) in [6, 6.07) is 8.83. The minimum absolute atomic E-state index is 0.0189. The van der Waals surface area contributed by atoms with Crippen LogP contribution >= 0.6 is 0 Å². The van der Waals surface area contributed by atoms with Crippen LogP contribution in [0.3, 0.4) is 0 Å². The first kappa shape index (κ1) is 21.6. The summed E-state index contributed by atoms with van der Waals surface area (Å²) in [5.74, 6) is -0.219. The molecule has 0 spiro atoms. The highest BCUT2D eigenvalue weighted by Crippen LogP contribution is 2.29. The van der Waals surface area contributed by atoms with Gasteiger partial charge in [0, 0.05) is 24.0 Å². The van der Waals surface area contributed by atoms with E-state index in [4.69, 9.17) is 18.9 Å². The van der Waals surface area contributed by atoms with E-state index in [1.54, 1.807) is 0 Å². The second-order valence-electron chi connectivity index (χ2n) is 5.86. The van der Waals surface area contributed by atoms with Crippen molar-refractivity contribution < 1.29 is 38.1 Å². The fourth-order valence-electron chi connectivity index (χ4n) is 2.41. The average Bonchev–Trinajstić information content (AvgIpc) is 2.74. The van der Waals surface area contributed by atoms with Gasteiger partial charge in [-0.1, -0.05) is 0 Å². The Morgan fingerprint density at radius 1 is 0.724 bits per heavy atom. The summed E-state index contributed by atoms with van der Waals surface area (Å²) >= 11 is 0. The van der Waals surface area contributed by atoms with Gasteiger partial charge >= 0.3 is 11.9 Å². The predicted octanol–water partition coefficient (Wildman–Crippen LogP) is 3.01. The van der Waals surface area contributed by atoms with E-state index in [0.29, 0.717) is 23.7 Å². The Morgan fingerprint density at radius 2 is 1.14 bits per heavy atom. The number of aldehydes is 2. The molecular weight excluding hydrogens is 380 g/mol. The maximum Gasteiger partial charge on any atom is 0.311 e. The van der Waals surface area contributed by atoms with Crippen LogP contribution < -0.4 is 18.9 Å². The van der Waals surface area contributed by atoms with Crippen molar-refractivity contribution in [1.82, 2.24) is 0 Å². The number of ether oxygens (including phenoxy) is 4. The van der Waals surface area contributed by atoms with Crippen molar-refractivity contribution in [3.63, 3.8) is 0 Å². The van der Waals surface area contributed by atoms with E-state index in [0.717, 1.165) is 0 Å². The number of carbonyl (C=O) groups excluding carboxylic acids is 4. The highest BCUT2D eigenvalue weighted by atomic mass is 16.6. The third kappa shape index (κ3) is 6.17. The van der Waals surface area contributed by atoms with Crippen LogP contribution in [0.5, 0.6) is 23.0 Å². The van der Waals surface area contributed by atoms with Gasteiger partial charge in [-0.25, -0.2) is 0 Å². The van der Waals surface area contributed by atoms with Gasteiger partial charge in [-0.15, -0.1) is 0 Å². The minimum Gasteiger partial charge on any atom is -0.493 e. The molecule has 0 unspecified atom stereocenters. The molecule has 0 radical (unpaired) electrons. The molecule has 0 aromatic heterocycles. The molecule has 8 nitrogen and oxygen atoms in total. The maximum absolute atomic E-state index is 12.0. The Kier molecular flexibility index (Phi) is 7.90. The lowest BCUT2D eigenvalue weighted by atomic mass is 10.2. The number of rotatable bonds is 10. The zero-order chi connectivity index (χ0) is 21.2. The lowest BCUT2D eigenvalue weighted by Gasteiger charge is -2.10. The van der Waals surface area contributed by atoms with Crippen molar-refractivity contribution in [2.45, 2.75) is 19.3 Å². The smallest absolute Gasteiger partial charge is 0.311 e. The molecule has 29 heavy (non-hydrogen) atoms. The second kappa shape index (κ2) is 10.6. The molecule has 2 aromatic carbocycles. The molecule has 2 aromatic rings. The number of esters is 2. The standard InChI is InChI=1S/C21H20O8/c1-26-18-10-14(12-22)6-8-16(18)28-20(24)4-3-5-21(25)29-17-9-7-15(13-23)11-19(17)27-2/h6-13H,3-5H2,1-2H3. The monoisotopic (exact) mass is 400 g/mol. The third-order valence-electron chi connectivity index (χ3n) is 3.86. The van der Waals surface area contributed by atoms with Crippen molar-refractivity contribution in [2.24, 2.45) is 0 Å². The summed E-state index contributed by atoms with van der Waals surface area (Å²) in [6.45, 7) is 0. The molecule has 0 atom stereocenters. The van der Waals surface area contributed by atoms with Crippen molar-refractivity contribution in [3.8, 4) is 23.0 Å². The normalized spacial score (nSPS) is 10.0. The second-order valence-corrected chi connectivity index (χ2v) is 5.86. The van der Waals surface area contributed by atoms with Crippen molar-refractivity contribution >= 4 is 24.5 Å². The molecule has 0 bridgehead atoms. The largest absolute Gasteiger partial charge is 0.493 e. The highest BCUT2D eigenvalue weighted by Gasteiger charge is 2.14. The van der Waals surface area contributed by atoms with Gasteiger partial charge in [0.25, 0.3) is 0 Å². The van der Waals surface area contributed by atoms with E-state index in [1.165, 1.54) is 50.6 Å². The molecule has 0 aliphatic rings. The summed E-state index contributed by atoms with van der Waals surface area (Å²) in [4.78, 5) is 45.6. The Bertz CT molecular complexity index is 830. The average molecular weight is 400 g/mol. The van der Waals surface area contributed by atoms with Crippen LogP contribution in [0.2, 0.25) is 0 Å². The van der Waals surface area contributed by atoms with Crippen LogP contribution in [0.15, 0.2) is 36.4 Å². The van der Waals surface area contributed by atoms with Gasteiger partial charge < -0.3 is 18.9 Å². The molecule has 0 saturated carbocycles. The van der Waals surface area contributed by atoms with Gasteiger partial charge in [-0.3, -0.25) is 19.2 Å². The fraction of sp³-hybridized carbons (Fsp3) is 0.238. The lowest BCUT2D eigenvalue weighted by molar-refractivity contribution is -0.136. The zero-order valence-corrected chi connectivity index (χ0v) is 16.0. The van der Waals surface area contributed by atoms with E-state index < -0.39 is 11.9 Å². The van der Waals surface area contributed by atoms with Crippen molar-refractivity contribution in [2.75, 3.05) is 14.2 Å². The first-order valence-electron chi connectivity index (χ1n) is 8.68. The Labute approximate surface area is 167 Å². The van der Waals surface area contributed by atoms with Crippen LogP contribution in [-0.2, 0) is 9.59 Å². The molecule has 0 saturated heterocycles. The van der Waals surface area contributed by atoms with Gasteiger partial charge in [0.05, 0.1) is 14.2 Å². The van der Waals surface area contributed by atoms with Gasteiger partial charge in [0.2, 0.25) is 0 Å². The van der Waals surface area contributed by atoms with E-state index in [2.05, 4.69) is 0 Å². The van der Waals surface area contributed by atoms with Crippen LogP contribution in [0, 0.1) is 0 Å². The number of carbonyl (C=O) groups is 4. The Morgan fingerprint density at radius 3 is 1.48 bits per heavy atom. The maximum atomic E-state index is 12.0. The SMILES string of the molecule is COc1cc(C=O)ccc1OC(=O)CCCC(=O)Oc1ccc(C=O)cc1OC. The molecule has 152 valence electrons. The number of methoxy groups -OCH3 is 2. The highest BCUT2D eigenvalue weighted by molar-refractivity contribution is 5.79. The van der Waals surface area contributed by atoms with E-state index >= 15 is 0 Å². The van der Waals surface area contributed by atoms with Crippen molar-refractivity contribution in [3.05, 3.63) is 47.5 Å². The van der Waals surface area contributed by atoms with E-state index in [-0.39, 0.29) is 42.3 Å². The topological polar surface area (TPSA) is 105 Å². The molecule has 0 aliphatic carbocycles. The first-order valence-corrected chi connectivity index (χ1v) is 8.68. The molecule has 0 aliphatic heterocycles. The molecule has 2 rings (SSSR count). The number of hydrogen-bond donors (Lipinski definition) is 0.